The number of nitrogens with two attached hydrogens (primary N) is 1. The first kappa shape index (κ1) is 14.2. The minimum absolute atomic E-state index is 0.177. The van der Waals surface area contributed by atoms with Crippen LogP contribution in [-0.4, -0.2) is 14.8 Å². The van der Waals surface area contributed by atoms with E-state index in [1.165, 1.54) is 5.39 Å². The van der Waals surface area contributed by atoms with E-state index in [9.17, 15) is 0 Å². The first-order chi connectivity index (χ1) is 10.2. The van der Waals surface area contributed by atoms with Gasteiger partial charge in [0.2, 0.25) is 0 Å². The van der Waals surface area contributed by atoms with Gasteiger partial charge < -0.3 is 5.73 Å². The van der Waals surface area contributed by atoms with E-state index in [1.54, 1.807) is 6.20 Å². The second-order valence-electron chi connectivity index (χ2n) is 4.96. The average Bonchev–Trinajstić information content (AvgIpc) is 2.86. The highest BCUT2D eigenvalue weighted by atomic mass is 79.9. The number of rotatable bonds is 4. The number of aryl methyl sites for hydroxylation is 1. The van der Waals surface area contributed by atoms with Crippen molar-refractivity contribution in [2.24, 2.45) is 5.73 Å². The molecule has 2 aromatic heterocycles. The predicted molar refractivity (Wildman–Crippen MR) is 88.0 cm³/mol. The van der Waals surface area contributed by atoms with Crippen molar-refractivity contribution in [1.29, 1.82) is 0 Å². The van der Waals surface area contributed by atoms with E-state index in [0.717, 1.165) is 27.9 Å². The molecule has 0 amide bonds. The number of halogens is 1. The van der Waals surface area contributed by atoms with Crippen molar-refractivity contribution in [1.82, 2.24) is 14.8 Å². The predicted octanol–water partition coefficient (Wildman–Crippen LogP) is 3.46. The molecular formula is C16H17BrN4. The summed E-state index contributed by atoms with van der Waals surface area (Å²) in [6.45, 7) is 2.95. The molecule has 2 N–H and O–H groups in total. The molecule has 1 aromatic carbocycles. The summed E-state index contributed by atoms with van der Waals surface area (Å²) in [6.07, 6.45) is 2.44. The van der Waals surface area contributed by atoms with Gasteiger partial charge in [0.15, 0.2) is 0 Å². The Morgan fingerprint density at radius 2 is 2.05 bits per heavy atom. The van der Waals surface area contributed by atoms with Crippen LogP contribution in [0.4, 0.5) is 0 Å². The molecule has 0 bridgehead atoms. The first-order valence-electron chi connectivity index (χ1n) is 7.01. The van der Waals surface area contributed by atoms with Crippen LogP contribution in [0.15, 0.2) is 47.1 Å². The molecular weight excluding hydrogens is 328 g/mol. The first-order valence-corrected chi connectivity index (χ1v) is 7.80. The topological polar surface area (TPSA) is 56.7 Å². The highest BCUT2D eigenvalue weighted by molar-refractivity contribution is 9.10. The monoisotopic (exact) mass is 344 g/mol. The molecule has 0 saturated carbocycles. The number of hydrogen-bond acceptors (Lipinski definition) is 3. The van der Waals surface area contributed by atoms with Gasteiger partial charge in [-0.1, -0.05) is 18.2 Å². The van der Waals surface area contributed by atoms with Gasteiger partial charge in [-0.2, -0.15) is 5.10 Å². The van der Waals surface area contributed by atoms with Gasteiger partial charge in [0.05, 0.1) is 22.9 Å². The molecule has 0 saturated heterocycles. The van der Waals surface area contributed by atoms with Crippen molar-refractivity contribution in [2.45, 2.75) is 25.9 Å². The quantitative estimate of drug-likeness (QED) is 0.788. The maximum atomic E-state index is 6.33. The van der Waals surface area contributed by atoms with Crippen LogP contribution in [0.3, 0.4) is 0 Å². The smallest absolute Gasteiger partial charge is 0.0722 e. The van der Waals surface area contributed by atoms with Gasteiger partial charge in [-0.3, -0.25) is 9.67 Å². The van der Waals surface area contributed by atoms with Crippen LogP contribution in [0.25, 0.3) is 10.9 Å². The van der Waals surface area contributed by atoms with Crippen molar-refractivity contribution in [3.8, 4) is 0 Å². The normalized spacial score (nSPS) is 12.7. The van der Waals surface area contributed by atoms with Crippen molar-refractivity contribution in [2.75, 3.05) is 0 Å². The van der Waals surface area contributed by atoms with Crippen LogP contribution in [0.5, 0.6) is 0 Å². The summed E-state index contributed by atoms with van der Waals surface area (Å²) in [5, 5.41) is 5.86. The van der Waals surface area contributed by atoms with Crippen LogP contribution in [0.1, 0.15) is 24.4 Å². The molecule has 1 unspecified atom stereocenters. The van der Waals surface area contributed by atoms with Gasteiger partial charge in [-0.05, 0) is 41.1 Å². The van der Waals surface area contributed by atoms with E-state index in [0.29, 0.717) is 6.42 Å². The second kappa shape index (κ2) is 5.95. The fourth-order valence-electron chi connectivity index (χ4n) is 2.56. The Hall–Kier alpha value is -1.72. The molecule has 0 radical (unpaired) electrons. The van der Waals surface area contributed by atoms with Crippen LogP contribution < -0.4 is 5.73 Å². The summed E-state index contributed by atoms with van der Waals surface area (Å²) in [5.74, 6) is 0. The third kappa shape index (κ3) is 2.71. The van der Waals surface area contributed by atoms with Crippen LogP contribution in [0.2, 0.25) is 0 Å². The summed E-state index contributed by atoms with van der Waals surface area (Å²) < 4.78 is 2.96. The van der Waals surface area contributed by atoms with Gasteiger partial charge in [0, 0.05) is 29.0 Å². The Bertz CT molecular complexity index is 766. The molecule has 3 aromatic rings. The maximum Gasteiger partial charge on any atom is 0.0722 e. The lowest BCUT2D eigenvalue weighted by Crippen LogP contribution is -2.16. The number of nitrogens with zero attached hydrogens (tertiary/aromatic N) is 3. The summed E-state index contributed by atoms with van der Waals surface area (Å²) >= 11 is 3.51. The summed E-state index contributed by atoms with van der Waals surface area (Å²) in [6, 6.07) is 11.9. The molecule has 0 fully saturated rings. The van der Waals surface area contributed by atoms with E-state index in [1.807, 2.05) is 28.9 Å². The molecule has 0 aliphatic carbocycles. The Morgan fingerprint density at radius 3 is 2.81 bits per heavy atom. The number of pyridine rings is 1. The SMILES string of the molecule is CCn1nc(CC(N)c2ncccc2Br)c2ccccc21. The fraction of sp³-hybridized carbons (Fsp3) is 0.250. The Morgan fingerprint density at radius 1 is 1.24 bits per heavy atom. The van der Waals surface area contributed by atoms with Crippen LogP contribution in [-0.2, 0) is 13.0 Å². The van der Waals surface area contributed by atoms with Gasteiger partial charge in [0.1, 0.15) is 0 Å². The highest BCUT2D eigenvalue weighted by Crippen LogP contribution is 2.25. The summed E-state index contributed by atoms with van der Waals surface area (Å²) in [4.78, 5) is 4.37. The lowest BCUT2D eigenvalue weighted by atomic mass is 10.1. The molecule has 0 spiro atoms. The van der Waals surface area contributed by atoms with E-state index in [4.69, 9.17) is 10.8 Å². The third-order valence-electron chi connectivity index (χ3n) is 3.59. The highest BCUT2D eigenvalue weighted by Gasteiger charge is 2.16. The zero-order valence-electron chi connectivity index (χ0n) is 11.8. The summed E-state index contributed by atoms with van der Waals surface area (Å²) in [5.41, 5.74) is 9.38. The second-order valence-corrected chi connectivity index (χ2v) is 5.82. The van der Waals surface area contributed by atoms with Crippen LogP contribution in [0, 0.1) is 0 Å². The number of hydrogen-bond donors (Lipinski definition) is 1. The Labute approximate surface area is 132 Å². The molecule has 3 rings (SSSR count). The average molecular weight is 345 g/mol. The zero-order valence-corrected chi connectivity index (χ0v) is 13.4. The number of para-hydroxylation sites is 1. The van der Waals surface area contributed by atoms with Crippen LogP contribution >= 0.6 is 15.9 Å². The molecule has 21 heavy (non-hydrogen) atoms. The maximum absolute atomic E-state index is 6.33. The number of benzene rings is 1. The zero-order chi connectivity index (χ0) is 14.8. The summed E-state index contributed by atoms with van der Waals surface area (Å²) in [7, 11) is 0. The Balaban J connectivity index is 1.97. The number of aromatic nitrogens is 3. The van der Waals surface area contributed by atoms with E-state index >= 15 is 0 Å². The minimum atomic E-state index is -0.177. The molecule has 5 heteroatoms. The Kier molecular flexibility index (Phi) is 4.03. The van der Waals surface area contributed by atoms with Crippen molar-refractivity contribution in [3.63, 3.8) is 0 Å². The van der Waals surface area contributed by atoms with Gasteiger partial charge in [-0.25, -0.2) is 0 Å². The van der Waals surface area contributed by atoms with Crippen molar-refractivity contribution < 1.29 is 0 Å². The third-order valence-corrected chi connectivity index (χ3v) is 4.26. The lowest BCUT2D eigenvalue weighted by Gasteiger charge is -2.11. The standard InChI is InChI=1S/C16H17BrN4/c1-2-21-15-8-4-3-6-11(15)14(20-21)10-13(18)16-12(17)7-5-9-19-16/h3-9,13H,2,10,18H2,1H3. The molecule has 0 aliphatic rings. The van der Waals surface area contributed by atoms with E-state index < -0.39 is 0 Å². The fourth-order valence-corrected chi connectivity index (χ4v) is 3.11. The van der Waals surface area contributed by atoms with Crippen molar-refractivity contribution in [3.05, 3.63) is 58.5 Å². The molecule has 1 atom stereocenters. The van der Waals surface area contributed by atoms with E-state index in [-0.39, 0.29) is 6.04 Å². The molecule has 108 valence electrons. The molecule has 0 aliphatic heterocycles. The minimum Gasteiger partial charge on any atom is -0.322 e. The number of fused-ring (bicyclic) bond motifs is 1. The van der Waals surface area contributed by atoms with Gasteiger partial charge in [-0.15, -0.1) is 0 Å². The largest absolute Gasteiger partial charge is 0.322 e. The van der Waals surface area contributed by atoms with E-state index in [2.05, 4.69) is 40.0 Å². The molecule has 2 heterocycles. The van der Waals surface area contributed by atoms with Crippen molar-refractivity contribution >= 4 is 26.8 Å². The molecule has 4 nitrogen and oxygen atoms in total. The lowest BCUT2D eigenvalue weighted by molar-refractivity contribution is 0.633. The van der Waals surface area contributed by atoms with Gasteiger partial charge in [0.25, 0.3) is 0 Å². The van der Waals surface area contributed by atoms with Gasteiger partial charge >= 0.3 is 0 Å².